The number of benzene rings is 1. The van der Waals surface area contributed by atoms with E-state index in [1.54, 1.807) is 0 Å². The standard InChI is InChI=1S/C17H24N2OS2.ClH/c20-16(19-12-13-3-1-8-18-11-13)14-4-6-15(7-5-14)17-21-9-2-10-22-17;/h4-7,13,17-18H,1-3,8-12H2,(H,19,20);1H. The lowest BCUT2D eigenvalue weighted by molar-refractivity contribution is 0.0945. The molecule has 0 spiro atoms. The quantitative estimate of drug-likeness (QED) is 0.845. The van der Waals surface area contributed by atoms with Crippen molar-refractivity contribution < 1.29 is 4.79 Å². The molecule has 0 aliphatic carbocycles. The molecule has 2 N–H and O–H groups in total. The first-order valence-electron chi connectivity index (χ1n) is 8.15. The van der Waals surface area contributed by atoms with Crippen molar-refractivity contribution in [2.24, 2.45) is 5.92 Å². The third-order valence-electron chi connectivity index (χ3n) is 4.22. The van der Waals surface area contributed by atoms with Gasteiger partial charge in [-0.15, -0.1) is 35.9 Å². The van der Waals surface area contributed by atoms with Gasteiger partial charge in [-0.25, -0.2) is 0 Å². The van der Waals surface area contributed by atoms with Crippen LogP contribution >= 0.6 is 35.9 Å². The van der Waals surface area contributed by atoms with E-state index in [1.807, 2.05) is 35.7 Å². The SMILES string of the molecule is Cl.O=C(NCC1CCCNC1)c1ccc(C2SCCCS2)cc1. The maximum Gasteiger partial charge on any atom is 0.251 e. The third-order valence-corrected chi connectivity index (χ3v) is 7.24. The summed E-state index contributed by atoms with van der Waals surface area (Å²) < 4.78 is 0.541. The van der Waals surface area contributed by atoms with Crippen LogP contribution in [0.3, 0.4) is 0 Å². The van der Waals surface area contributed by atoms with Gasteiger partial charge in [0.15, 0.2) is 0 Å². The maximum atomic E-state index is 12.2. The van der Waals surface area contributed by atoms with Crippen LogP contribution in [-0.4, -0.2) is 37.0 Å². The van der Waals surface area contributed by atoms with Crippen LogP contribution in [-0.2, 0) is 0 Å². The third kappa shape index (κ3) is 5.59. The molecule has 3 rings (SSSR count). The fourth-order valence-corrected chi connectivity index (χ4v) is 5.80. The zero-order chi connectivity index (χ0) is 15.2. The van der Waals surface area contributed by atoms with Gasteiger partial charge >= 0.3 is 0 Å². The van der Waals surface area contributed by atoms with Crippen LogP contribution < -0.4 is 10.6 Å². The number of carbonyl (C=O) groups is 1. The fourth-order valence-electron chi connectivity index (χ4n) is 2.91. The molecular formula is C17H25ClN2OS2. The van der Waals surface area contributed by atoms with E-state index >= 15 is 0 Å². The highest BCUT2D eigenvalue weighted by Crippen LogP contribution is 2.43. The van der Waals surface area contributed by atoms with Gasteiger partial charge in [-0.3, -0.25) is 4.79 Å². The van der Waals surface area contributed by atoms with E-state index in [4.69, 9.17) is 0 Å². The molecule has 2 heterocycles. The molecule has 6 heteroatoms. The topological polar surface area (TPSA) is 41.1 Å². The Bertz CT molecular complexity index is 486. The Labute approximate surface area is 153 Å². The highest BCUT2D eigenvalue weighted by Gasteiger charge is 2.17. The van der Waals surface area contributed by atoms with Gasteiger partial charge in [-0.1, -0.05) is 12.1 Å². The summed E-state index contributed by atoms with van der Waals surface area (Å²) >= 11 is 4.03. The second kappa shape index (κ2) is 9.82. The van der Waals surface area contributed by atoms with E-state index in [1.165, 1.54) is 36.3 Å². The molecule has 1 unspecified atom stereocenters. The maximum absolute atomic E-state index is 12.2. The van der Waals surface area contributed by atoms with Crippen LogP contribution in [0.2, 0.25) is 0 Å². The first-order valence-corrected chi connectivity index (χ1v) is 10.2. The average molecular weight is 373 g/mol. The van der Waals surface area contributed by atoms with Crippen molar-refractivity contribution in [2.45, 2.75) is 23.8 Å². The second-order valence-electron chi connectivity index (χ2n) is 5.97. The average Bonchev–Trinajstić information content (AvgIpc) is 2.61. The van der Waals surface area contributed by atoms with E-state index in [0.29, 0.717) is 10.5 Å². The van der Waals surface area contributed by atoms with Crippen LogP contribution in [0.15, 0.2) is 24.3 Å². The molecule has 0 saturated carbocycles. The highest BCUT2D eigenvalue weighted by atomic mass is 35.5. The molecule has 2 fully saturated rings. The fraction of sp³-hybridized carbons (Fsp3) is 0.588. The minimum atomic E-state index is 0. The van der Waals surface area contributed by atoms with Gasteiger partial charge in [0.05, 0.1) is 4.58 Å². The lowest BCUT2D eigenvalue weighted by Gasteiger charge is -2.23. The van der Waals surface area contributed by atoms with Crippen molar-refractivity contribution in [3.63, 3.8) is 0 Å². The van der Waals surface area contributed by atoms with Gasteiger partial charge in [-0.2, -0.15) is 0 Å². The minimum Gasteiger partial charge on any atom is -0.352 e. The number of piperidine rings is 1. The van der Waals surface area contributed by atoms with Crippen molar-refractivity contribution in [3.8, 4) is 0 Å². The second-order valence-corrected chi connectivity index (χ2v) is 8.70. The number of rotatable bonds is 4. The minimum absolute atomic E-state index is 0. The largest absolute Gasteiger partial charge is 0.352 e. The summed E-state index contributed by atoms with van der Waals surface area (Å²) in [6.07, 6.45) is 3.73. The van der Waals surface area contributed by atoms with Crippen molar-refractivity contribution in [2.75, 3.05) is 31.1 Å². The van der Waals surface area contributed by atoms with E-state index in [2.05, 4.69) is 22.8 Å². The molecule has 0 radical (unpaired) electrons. The normalized spacial score (nSPS) is 22.2. The summed E-state index contributed by atoms with van der Waals surface area (Å²) in [5.74, 6) is 3.12. The van der Waals surface area contributed by atoms with E-state index in [0.717, 1.165) is 25.2 Å². The summed E-state index contributed by atoms with van der Waals surface area (Å²) in [7, 11) is 0. The van der Waals surface area contributed by atoms with Crippen LogP contribution in [0.25, 0.3) is 0 Å². The Kier molecular flexibility index (Phi) is 8.10. The summed E-state index contributed by atoms with van der Waals surface area (Å²) in [4.78, 5) is 12.2. The van der Waals surface area contributed by atoms with Gasteiger partial charge < -0.3 is 10.6 Å². The lowest BCUT2D eigenvalue weighted by Crippen LogP contribution is -2.38. The van der Waals surface area contributed by atoms with Crippen LogP contribution in [0.4, 0.5) is 0 Å². The predicted octanol–water partition coefficient (Wildman–Crippen LogP) is 3.71. The number of hydrogen-bond donors (Lipinski definition) is 2. The Balaban J connectivity index is 0.00000192. The molecule has 2 saturated heterocycles. The lowest BCUT2D eigenvalue weighted by atomic mass is 9.99. The van der Waals surface area contributed by atoms with E-state index in [9.17, 15) is 4.79 Å². The molecule has 0 aromatic heterocycles. The molecule has 1 amide bonds. The van der Waals surface area contributed by atoms with Gasteiger partial charge in [0.25, 0.3) is 5.91 Å². The number of nitrogens with one attached hydrogen (secondary N) is 2. The van der Waals surface area contributed by atoms with Crippen molar-refractivity contribution >= 4 is 41.8 Å². The van der Waals surface area contributed by atoms with Gasteiger partial charge in [0.1, 0.15) is 0 Å². The van der Waals surface area contributed by atoms with Crippen LogP contribution in [0.1, 0.15) is 39.8 Å². The number of hydrogen-bond acceptors (Lipinski definition) is 4. The molecule has 1 aromatic carbocycles. The number of carbonyl (C=O) groups excluding carboxylic acids is 1. The Morgan fingerprint density at radius 2 is 1.91 bits per heavy atom. The molecule has 1 aromatic rings. The Morgan fingerprint density at radius 3 is 2.57 bits per heavy atom. The van der Waals surface area contributed by atoms with Crippen LogP contribution in [0.5, 0.6) is 0 Å². The van der Waals surface area contributed by atoms with Crippen LogP contribution in [0, 0.1) is 5.92 Å². The van der Waals surface area contributed by atoms with Gasteiger partial charge in [0.2, 0.25) is 0 Å². The van der Waals surface area contributed by atoms with Gasteiger partial charge in [0, 0.05) is 12.1 Å². The Hall–Kier alpha value is -0.360. The number of thioether (sulfide) groups is 2. The smallest absolute Gasteiger partial charge is 0.251 e. The van der Waals surface area contributed by atoms with Crippen molar-refractivity contribution in [3.05, 3.63) is 35.4 Å². The molecule has 1 atom stereocenters. The molecule has 2 aliphatic heterocycles. The highest BCUT2D eigenvalue weighted by molar-refractivity contribution is 8.16. The number of halogens is 1. The molecule has 0 bridgehead atoms. The first-order chi connectivity index (χ1) is 10.8. The number of amides is 1. The zero-order valence-corrected chi connectivity index (χ0v) is 15.7. The van der Waals surface area contributed by atoms with E-state index < -0.39 is 0 Å². The van der Waals surface area contributed by atoms with E-state index in [-0.39, 0.29) is 18.3 Å². The summed E-state index contributed by atoms with van der Waals surface area (Å²) in [5.41, 5.74) is 2.11. The molecular weight excluding hydrogens is 348 g/mol. The zero-order valence-electron chi connectivity index (χ0n) is 13.3. The molecule has 2 aliphatic rings. The predicted molar refractivity (Wildman–Crippen MR) is 104 cm³/mol. The van der Waals surface area contributed by atoms with Crippen molar-refractivity contribution in [1.82, 2.24) is 10.6 Å². The molecule has 3 nitrogen and oxygen atoms in total. The summed E-state index contributed by atoms with van der Waals surface area (Å²) in [5, 5.41) is 6.46. The molecule has 128 valence electrons. The molecule has 23 heavy (non-hydrogen) atoms. The summed E-state index contributed by atoms with van der Waals surface area (Å²) in [6.45, 7) is 2.92. The monoisotopic (exact) mass is 372 g/mol. The van der Waals surface area contributed by atoms with Gasteiger partial charge in [-0.05, 0) is 67.5 Å². The first kappa shape index (κ1) is 19.0. The Morgan fingerprint density at radius 1 is 1.17 bits per heavy atom. The van der Waals surface area contributed by atoms with Crippen molar-refractivity contribution in [1.29, 1.82) is 0 Å². The summed E-state index contributed by atoms with van der Waals surface area (Å²) in [6, 6.07) is 8.18.